The average Bonchev–Trinajstić information content (AvgIpc) is 3.56. The highest BCUT2D eigenvalue weighted by molar-refractivity contribution is 6.58. The minimum Gasteiger partial charge on any atom is -0.491 e. The van der Waals surface area contributed by atoms with Crippen LogP contribution in [0.2, 0.25) is 0 Å². The number of fused-ring (bicyclic) bond motifs is 4. The Hall–Kier alpha value is -5.56. The molecule has 4 amide bonds. The van der Waals surface area contributed by atoms with Crippen molar-refractivity contribution in [3.63, 3.8) is 0 Å². The quantitative estimate of drug-likeness (QED) is 0.116. The second-order valence-corrected chi connectivity index (χ2v) is 14.2. The fourth-order valence-corrected chi connectivity index (χ4v) is 9.18. The Morgan fingerprint density at radius 3 is 2.32 bits per heavy atom. The van der Waals surface area contributed by atoms with Crippen molar-refractivity contribution < 1.29 is 39.1 Å². The Balaban J connectivity index is 1.31. The maximum absolute atomic E-state index is 15.4. The molecule has 3 fully saturated rings. The smallest absolute Gasteiger partial charge is 0.488 e. The first-order valence-electron chi connectivity index (χ1n) is 17.8. The van der Waals surface area contributed by atoms with Crippen molar-refractivity contribution >= 4 is 47.6 Å². The van der Waals surface area contributed by atoms with Crippen molar-refractivity contribution in [1.82, 2.24) is 5.01 Å². The number of benzene rings is 4. The second kappa shape index (κ2) is 13.5. The van der Waals surface area contributed by atoms with Gasteiger partial charge >= 0.3 is 7.12 Å². The van der Waals surface area contributed by atoms with Gasteiger partial charge in [0.05, 0.1) is 41.2 Å². The number of aliphatic hydroxyl groups excluding tert-OH is 1. The molecule has 0 radical (unpaired) electrons. The number of aliphatic hydroxyl groups is 1. The van der Waals surface area contributed by atoms with Crippen LogP contribution in [0.3, 0.4) is 0 Å². The van der Waals surface area contributed by atoms with E-state index >= 15 is 4.79 Å². The monoisotopic (exact) mass is 711 g/mol. The van der Waals surface area contributed by atoms with Crippen LogP contribution < -0.4 is 20.5 Å². The molecule has 0 aromatic heterocycles. The van der Waals surface area contributed by atoms with Crippen LogP contribution in [0.15, 0.2) is 115 Å². The highest BCUT2D eigenvalue weighted by atomic mass is 16.5. The third-order valence-electron chi connectivity index (χ3n) is 11.4. The molecule has 0 spiro atoms. The van der Waals surface area contributed by atoms with Crippen LogP contribution in [0.25, 0.3) is 0 Å². The molecule has 12 heteroatoms. The van der Waals surface area contributed by atoms with Crippen LogP contribution in [-0.2, 0) is 24.6 Å². The number of hydrazine groups is 1. The molecule has 6 atom stereocenters. The molecule has 2 heterocycles. The number of hydrogen-bond acceptors (Lipinski definition) is 9. The molecule has 2 saturated heterocycles. The summed E-state index contributed by atoms with van der Waals surface area (Å²) in [5, 5.41) is 30.5. The fourth-order valence-electron chi connectivity index (χ4n) is 9.18. The maximum Gasteiger partial charge on any atom is 0.488 e. The summed E-state index contributed by atoms with van der Waals surface area (Å²) in [4.78, 5) is 60.1. The number of allylic oxidation sites excluding steroid dienone is 2. The minimum absolute atomic E-state index is 0.00377. The first kappa shape index (κ1) is 34.5. The van der Waals surface area contributed by atoms with Gasteiger partial charge in [-0.3, -0.25) is 29.5 Å². The van der Waals surface area contributed by atoms with Crippen LogP contribution in [0.4, 0.5) is 11.4 Å². The molecule has 2 aliphatic carbocycles. The lowest BCUT2D eigenvalue weighted by atomic mass is 9.49. The molecule has 53 heavy (non-hydrogen) atoms. The number of ether oxygens (including phenoxy) is 1. The average molecular weight is 712 g/mol. The summed E-state index contributed by atoms with van der Waals surface area (Å²) in [6, 6.07) is 30.0. The number of carbonyl (C=O) groups excluding carboxylic acids is 4. The highest BCUT2D eigenvalue weighted by Gasteiger charge is 2.70. The number of nitrogens with zero attached hydrogens (tertiary/aromatic N) is 2. The number of carbonyl (C=O) groups is 4. The summed E-state index contributed by atoms with van der Waals surface area (Å²) in [5.74, 6) is -5.21. The Morgan fingerprint density at radius 2 is 1.58 bits per heavy atom. The first-order chi connectivity index (χ1) is 25.7. The van der Waals surface area contributed by atoms with Crippen molar-refractivity contribution in [2.75, 3.05) is 23.5 Å². The van der Waals surface area contributed by atoms with Crippen molar-refractivity contribution in [1.29, 1.82) is 0 Å². The van der Waals surface area contributed by atoms with Gasteiger partial charge in [-0.25, -0.2) is 0 Å². The number of aryl methyl sites for hydroxylation is 1. The van der Waals surface area contributed by atoms with Crippen LogP contribution in [0, 0.1) is 30.6 Å². The van der Waals surface area contributed by atoms with Gasteiger partial charge in [0.15, 0.2) is 0 Å². The van der Waals surface area contributed by atoms with E-state index in [1.54, 1.807) is 36.4 Å². The predicted octanol–water partition coefficient (Wildman–Crippen LogP) is 3.24. The summed E-state index contributed by atoms with van der Waals surface area (Å²) >= 11 is 0. The van der Waals surface area contributed by atoms with Gasteiger partial charge in [0.25, 0.3) is 11.8 Å². The number of nitrogens with one attached hydrogen (secondary N) is 1. The molecule has 11 nitrogen and oxygen atoms in total. The lowest BCUT2D eigenvalue weighted by Gasteiger charge is -2.50. The van der Waals surface area contributed by atoms with Gasteiger partial charge in [0, 0.05) is 11.5 Å². The lowest BCUT2D eigenvalue weighted by Crippen LogP contribution is -2.53. The number of para-hydroxylation sites is 1. The van der Waals surface area contributed by atoms with E-state index in [1.807, 2.05) is 67.6 Å². The van der Waals surface area contributed by atoms with Gasteiger partial charge in [-0.2, -0.15) is 5.01 Å². The molecule has 4 aromatic rings. The van der Waals surface area contributed by atoms with E-state index in [9.17, 15) is 29.5 Å². The summed E-state index contributed by atoms with van der Waals surface area (Å²) in [6.07, 6.45) is 2.31. The molecule has 4 aliphatic rings. The van der Waals surface area contributed by atoms with Crippen molar-refractivity contribution in [2.24, 2.45) is 23.7 Å². The molecular weight excluding hydrogens is 673 g/mol. The summed E-state index contributed by atoms with van der Waals surface area (Å²) < 4.78 is 6.10. The molecule has 0 bridgehead atoms. The second-order valence-electron chi connectivity index (χ2n) is 14.2. The Labute approximate surface area is 306 Å². The van der Waals surface area contributed by atoms with Gasteiger partial charge in [-0.15, -0.1) is 0 Å². The van der Waals surface area contributed by atoms with Gasteiger partial charge in [0.2, 0.25) is 11.8 Å². The zero-order chi connectivity index (χ0) is 37.0. The van der Waals surface area contributed by atoms with Crippen molar-refractivity contribution in [2.45, 2.75) is 31.1 Å². The van der Waals surface area contributed by atoms with Gasteiger partial charge in [-0.1, -0.05) is 90.0 Å². The molecular formula is C41H38BN3O8. The first-order valence-corrected chi connectivity index (χ1v) is 17.8. The Morgan fingerprint density at radius 1 is 0.849 bits per heavy atom. The van der Waals surface area contributed by atoms with E-state index in [1.165, 1.54) is 12.1 Å². The number of anilines is 2. The number of amides is 4. The minimum atomic E-state index is -1.79. The van der Waals surface area contributed by atoms with Crippen LogP contribution >= 0.6 is 0 Å². The molecule has 8 rings (SSSR count). The van der Waals surface area contributed by atoms with E-state index in [0.29, 0.717) is 22.6 Å². The topological polar surface area (TPSA) is 157 Å². The SMILES string of the molecule is Cc1ccc(NN2C(=O)C3CC4C(=CCC5C(=O)N(c6cccc(B(O)O)c6)C(=O)C54)C(c4ccccc4OCCO)C3(c3ccccc3)C2=O)cc1. The third-order valence-corrected chi connectivity index (χ3v) is 11.4. The van der Waals surface area contributed by atoms with Crippen molar-refractivity contribution in [3.05, 3.63) is 131 Å². The molecule has 4 N–H and O–H groups in total. The summed E-state index contributed by atoms with van der Waals surface area (Å²) in [5.41, 5.74) is 5.60. The molecule has 4 aromatic carbocycles. The zero-order valence-electron chi connectivity index (χ0n) is 29.0. The van der Waals surface area contributed by atoms with Crippen LogP contribution in [-0.4, -0.2) is 64.1 Å². The Kier molecular flexibility index (Phi) is 8.76. The molecule has 1 saturated carbocycles. The molecule has 2 aliphatic heterocycles. The van der Waals surface area contributed by atoms with Gasteiger partial charge in [0.1, 0.15) is 12.4 Å². The van der Waals surface area contributed by atoms with Crippen LogP contribution in [0.5, 0.6) is 5.75 Å². The standard InChI is InChI=1S/C41H38BN3O8/c1-24-14-16-27(17-15-24)43-45-38(48)33-23-32-29(18-19-31-35(32)39(49)44(37(31)47)28-11-7-10-26(22-28)42(51)52)36(30-12-5-6-13-34(30)53-21-20-46)41(33,40(45)50)25-8-3-2-4-9-25/h2-18,22,31-33,35-36,43,46,51-52H,19-21,23H2,1H3. The Bertz CT molecular complexity index is 2140. The van der Waals surface area contributed by atoms with Gasteiger partial charge < -0.3 is 19.9 Å². The van der Waals surface area contributed by atoms with E-state index in [2.05, 4.69) is 5.43 Å². The number of imide groups is 2. The van der Waals surface area contributed by atoms with Gasteiger partial charge in [-0.05, 0) is 67.0 Å². The van der Waals surface area contributed by atoms with E-state index < -0.39 is 65.8 Å². The summed E-state index contributed by atoms with van der Waals surface area (Å²) in [6.45, 7) is 1.70. The number of rotatable bonds is 9. The van der Waals surface area contributed by atoms with E-state index in [0.717, 1.165) is 21.0 Å². The molecule has 6 unspecified atom stereocenters. The normalized spacial score (nSPS) is 26.2. The highest BCUT2D eigenvalue weighted by Crippen LogP contribution is 2.65. The lowest BCUT2D eigenvalue weighted by molar-refractivity contribution is -0.138. The van der Waals surface area contributed by atoms with Crippen molar-refractivity contribution in [3.8, 4) is 5.75 Å². The predicted molar refractivity (Wildman–Crippen MR) is 197 cm³/mol. The van der Waals surface area contributed by atoms with Crippen LogP contribution in [0.1, 0.15) is 35.4 Å². The molecule has 268 valence electrons. The number of hydrogen-bond donors (Lipinski definition) is 4. The largest absolute Gasteiger partial charge is 0.491 e. The zero-order valence-corrected chi connectivity index (χ0v) is 29.0. The maximum atomic E-state index is 15.4. The van der Waals surface area contributed by atoms with E-state index in [-0.39, 0.29) is 37.2 Å². The van der Waals surface area contributed by atoms with E-state index in [4.69, 9.17) is 4.74 Å². The fraction of sp³-hybridized carbons (Fsp3) is 0.268. The third kappa shape index (κ3) is 5.39. The summed E-state index contributed by atoms with van der Waals surface area (Å²) in [7, 11) is -1.79.